The maximum atomic E-state index is 12.4. The average molecular weight is 294 g/mol. The Labute approximate surface area is 122 Å². The molecular weight excluding hydrogens is 276 g/mol. The molecule has 1 amide bonds. The van der Waals surface area contributed by atoms with Gasteiger partial charge in [-0.25, -0.2) is 0 Å². The van der Waals surface area contributed by atoms with Gasteiger partial charge in [-0.05, 0) is 12.5 Å². The molecular formula is C14H18N2O5. The quantitative estimate of drug-likeness (QED) is 0.436. The van der Waals surface area contributed by atoms with E-state index >= 15 is 0 Å². The van der Waals surface area contributed by atoms with Crippen LogP contribution in [0.25, 0.3) is 0 Å². The van der Waals surface area contributed by atoms with Crippen molar-refractivity contribution in [3.8, 4) is 0 Å². The third-order valence-corrected chi connectivity index (χ3v) is 2.90. The predicted molar refractivity (Wildman–Crippen MR) is 75.9 cm³/mol. The van der Waals surface area contributed by atoms with Crippen LogP contribution in [0.3, 0.4) is 0 Å². The molecule has 0 aliphatic heterocycles. The fraction of sp³-hybridized carbons (Fsp3) is 0.429. The van der Waals surface area contributed by atoms with Crippen molar-refractivity contribution in [1.29, 1.82) is 0 Å². The van der Waals surface area contributed by atoms with Crippen LogP contribution in [0.1, 0.15) is 30.1 Å². The molecule has 0 aliphatic carbocycles. The third-order valence-electron chi connectivity index (χ3n) is 2.90. The zero-order chi connectivity index (χ0) is 15.8. The molecule has 0 fully saturated rings. The number of esters is 1. The smallest absolute Gasteiger partial charge is 0.307 e. The molecule has 1 aromatic rings. The van der Waals surface area contributed by atoms with E-state index in [1.807, 2.05) is 6.92 Å². The number of rotatable bonds is 7. The van der Waals surface area contributed by atoms with Crippen molar-refractivity contribution in [2.75, 3.05) is 20.2 Å². The summed E-state index contributed by atoms with van der Waals surface area (Å²) in [5.41, 5.74) is 0.104. The Hall–Kier alpha value is -2.44. The molecule has 0 unspecified atom stereocenters. The second-order valence-corrected chi connectivity index (χ2v) is 4.43. The lowest BCUT2D eigenvalue weighted by Crippen LogP contribution is -2.33. The van der Waals surface area contributed by atoms with Gasteiger partial charge in [0.2, 0.25) is 0 Å². The third kappa shape index (κ3) is 4.87. The number of hydrogen-bond acceptors (Lipinski definition) is 5. The lowest BCUT2D eigenvalue weighted by Gasteiger charge is -2.21. The lowest BCUT2D eigenvalue weighted by molar-refractivity contribution is -0.384. The first kappa shape index (κ1) is 16.6. The van der Waals surface area contributed by atoms with Crippen molar-refractivity contribution < 1.29 is 19.2 Å². The normalized spacial score (nSPS) is 10.0. The number of non-ortho nitro benzene ring substituents is 1. The molecule has 1 rings (SSSR count). The summed E-state index contributed by atoms with van der Waals surface area (Å²) < 4.78 is 4.55. The van der Waals surface area contributed by atoms with Crippen molar-refractivity contribution in [2.45, 2.75) is 19.8 Å². The first-order valence-corrected chi connectivity index (χ1v) is 6.60. The molecule has 0 spiro atoms. The van der Waals surface area contributed by atoms with Gasteiger partial charge in [0.25, 0.3) is 11.6 Å². The highest BCUT2D eigenvalue weighted by Crippen LogP contribution is 2.15. The van der Waals surface area contributed by atoms with Crippen molar-refractivity contribution in [1.82, 2.24) is 4.90 Å². The van der Waals surface area contributed by atoms with Gasteiger partial charge >= 0.3 is 5.97 Å². The minimum absolute atomic E-state index is 0.0944. The van der Waals surface area contributed by atoms with E-state index in [0.717, 1.165) is 6.42 Å². The summed E-state index contributed by atoms with van der Waals surface area (Å²) >= 11 is 0. The lowest BCUT2D eigenvalue weighted by atomic mass is 10.1. The van der Waals surface area contributed by atoms with Crippen molar-refractivity contribution in [3.05, 3.63) is 39.9 Å². The number of amides is 1. The number of nitro groups is 1. The number of hydrogen-bond donors (Lipinski definition) is 0. The van der Waals surface area contributed by atoms with Gasteiger partial charge < -0.3 is 9.64 Å². The molecule has 7 heteroatoms. The van der Waals surface area contributed by atoms with Gasteiger partial charge in [-0.3, -0.25) is 19.7 Å². The van der Waals surface area contributed by atoms with E-state index in [0.29, 0.717) is 6.54 Å². The Bertz CT molecular complexity index is 530. The first-order valence-electron chi connectivity index (χ1n) is 6.60. The number of ether oxygens (including phenoxy) is 1. The van der Waals surface area contributed by atoms with Crippen LogP contribution in [-0.2, 0) is 9.53 Å². The van der Waals surface area contributed by atoms with Crippen LogP contribution < -0.4 is 0 Å². The van der Waals surface area contributed by atoms with Gasteiger partial charge in [0, 0.05) is 30.8 Å². The van der Waals surface area contributed by atoms with E-state index in [4.69, 9.17) is 0 Å². The van der Waals surface area contributed by atoms with E-state index in [-0.39, 0.29) is 30.1 Å². The zero-order valence-corrected chi connectivity index (χ0v) is 12.1. The van der Waals surface area contributed by atoms with Gasteiger partial charge in [-0.1, -0.05) is 13.0 Å². The van der Waals surface area contributed by atoms with Crippen LogP contribution in [0.4, 0.5) is 5.69 Å². The van der Waals surface area contributed by atoms with Gasteiger partial charge in [0.1, 0.15) is 0 Å². The molecule has 0 saturated carbocycles. The molecule has 7 nitrogen and oxygen atoms in total. The summed E-state index contributed by atoms with van der Waals surface area (Å²) in [5, 5.41) is 10.7. The number of nitro benzene ring substituents is 1. The van der Waals surface area contributed by atoms with E-state index in [9.17, 15) is 19.7 Å². The van der Waals surface area contributed by atoms with Crippen LogP contribution in [0.2, 0.25) is 0 Å². The zero-order valence-electron chi connectivity index (χ0n) is 12.1. The Morgan fingerprint density at radius 3 is 2.62 bits per heavy atom. The molecule has 114 valence electrons. The molecule has 0 atom stereocenters. The van der Waals surface area contributed by atoms with Gasteiger partial charge in [0.15, 0.2) is 0 Å². The van der Waals surface area contributed by atoms with Crippen molar-refractivity contribution in [2.24, 2.45) is 0 Å². The maximum Gasteiger partial charge on any atom is 0.307 e. The molecule has 0 heterocycles. The van der Waals surface area contributed by atoms with Crippen LogP contribution >= 0.6 is 0 Å². The van der Waals surface area contributed by atoms with E-state index < -0.39 is 10.9 Å². The standard InChI is InChI=1S/C14H18N2O5/c1-3-8-15(9-7-13(17)21-2)14(18)11-5-4-6-12(10-11)16(19)20/h4-6,10H,3,7-9H2,1-2H3. The van der Waals surface area contributed by atoms with E-state index in [1.165, 1.54) is 36.3 Å². The summed E-state index contributed by atoms with van der Waals surface area (Å²) in [7, 11) is 1.29. The number of carbonyl (C=O) groups is 2. The van der Waals surface area contributed by atoms with Gasteiger partial charge in [0.05, 0.1) is 18.5 Å². The Morgan fingerprint density at radius 1 is 1.33 bits per heavy atom. The van der Waals surface area contributed by atoms with Gasteiger partial charge in [-0.15, -0.1) is 0 Å². The van der Waals surface area contributed by atoms with E-state index in [2.05, 4.69) is 4.74 Å². The molecule has 0 aromatic heterocycles. The highest BCUT2D eigenvalue weighted by Gasteiger charge is 2.18. The Morgan fingerprint density at radius 2 is 2.05 bits per heavy atom. The fourth-order valence-electron chi connectivity index (χ4n) is 1.85. The summed E-state index contributed by atoms with van der Waals surface area (Å²) in [5.74, 6) is -0.729. The summed E-state index contributed by atoms with van der Waals surface area (Å²) in [6, 6.07) is 5.56. The molecule has 0 bridgehead atoms. The maximum absolute atomic E-state index is 12.4. The average Bonchev–Trinajstić information content (AvgIpc) is 2.50. The topological polar surface area (TPSA) is 89.8 Å². The van der Waals surface area contributed by atoms with Crippen LogP contribution in [0.15, 0.2) is 24.3 Å². The van der Waals surface area contributed by atoms with Crippen LogP contribution in [-0.4, -0.2) is 41.9 Å². The highest BCUT2D eigenvalue weighted by atomic mass is 16.6. The first-order chi connectivity index (χ1) is 9.99. The predicted octanol–water partition coefficient (Wildman–Crippen LogP) is 2.01. The molecule has 1 aromatic carbocycles. The minimum atomic E-state index is -0.546. The summed E-state index contributed by atoms with van der Waals surface area (Å²) in [6.45, 7) is 2.60. The number of carbonyl (C=O) groups excluding carboxylic acids is 2. The van der Waals surface area contributed by atoms with Crippen molar-refractivity contribution >= 4 is 17.6 Å². The Balaban J connectivity index is 2.87. The SMILES string of the molecule is CCCN(CCC(=O)OC)C(=O)c1cccc([N+](=O)[O-])c1. The molecule has 0 radical (unpaired) electrons. The van der Waals surface area contributed by atoms with Crippen LogP contribution in [0.5, 0.6) is 0 Å². The summed E-state index contributed by atoms with van der Waals surface area (Å²) in [6.07, 6.45) is 0.818. The highest BCUT2D eigenvalue weighted by molar-refractivity contribution is 5.95. The summed E-state index contributed by atoms with van der Waals surface area (Å²) in [4.78, 5) is 35.2. The molecule has 21 heavy (non-hydrogen) atoms. The molecule has 0 aliphatic rings. The second-order valence-electron chi connectivity index (χ2n) is 4.43. The number of benzene rings is 1. The monoisotopic (exact) mass is 294 g/mol. The molecule has 0 saturated heterocycles. The number of nitrogens with zero attached hydrogens (tertiary/aromatic N) is 2. The van der Waals surface area contributed by atoms with E-state index in [1.54, 1.807) is 0 Å². The Kier molecular flexibility index (Phi) is 6.32. The molecule has 0 N–H and O–H groups in total. The fourth-order valence-corrected chi connectivity index (χ4v) is 1.85. The van der Waals surface area contributed by atoms with Crippen LogP contribution in [0, 0.1) is 10.1 Å². The largest absolute Gasteiger partial charge is 0.469 e. The second kappa shape index (κ2) is 7.98. The number of methoxy groups -OCH3 is 1. The van der Waals surface area contributed by atoms with Crippen molar-refractivity contribution in [3.63, 3.8) is 0 Å². The minimum Gasteiger partial charge on any atom is -0.469 e. The van der Waals surface area contributed by atoms with Gasteiger partial charge in [-0.2, -0.15) is 0 Å².